The quantitative estimate of drug-likeness (QED) is 0.129. The Morgan fingerprint density at radius 2 is 0.705 bits per heavy atom. The molecule has 0 saturated heterocycles. The predicted octanol–water partition coefficient (Wildman–Crippen LogP) is 17.3. The lowest BCUT2D eigenvalue weighted by Crippen LogP contribution is -1.91. The van der Waals surface area contributed by atoms with Gasteiger partial charge >= 0.3 is 0 Å². The van der Waals surface area contributed by atoms with E-state index in [1.807, 2.05) is 0 Å². The molecule has 0 unspecified atom stereocenters. The first-order valence-electron chi connectivity index (χ1n) is 21.2. The van der Waals surface area contributed by atoms with Crippen molar-refractivity contribution in [1.29, 1.82) is 0 Å². The Kier molecular flexibility index (Phi) is 6.62. The van der Waals surface area contributed by atoms with E-state index in [4.69, 9.17) is 4.42 Å². The molecule has 1 aromatic heterocycles. The third kappa shape index (κ3) is 4.55. The lowest BCUT2D eigenvalue weighted by molar-refractivity contribution is 0.674. The van der Waals surface area contributed by atoms with E-state index in [-0.39, 0.29) is 0 Å². The summed E-state index contributed by atoms with van der Waals surface area (Å²) in [5.41, 5.74) is 8.98. The van der Waals surface area contributed by atoms with E-state index >= 15 is 0 Å². The summed E-state index contributed by atoms with van der Waals surface area (Å²) in [4.78, 5) is 0. The summed E-state index contributed by atoms with van der Waals surface area (Å²) in [5, 5.41) is 22.3. The minimum absolute atomic E-state index is 0.912. The van der Waals surface area contributed by atoms with Crippen LogP contribution in [-0.2, 0) is 0 Å². The molecule has 1 nitrogen and oxygen atoms in total. The van der Waals surface area contributed by atoms with Crippen molar-refractivity contribution in [3.8, 4) is 33.4 Å². The average Bonchev–Trinajstić information content (AvgIpc) is 3.73. The van der Waals surface area contributed by atoms with Crippen molar-refractivity contribution in [2.45, 2.75) is 0 Å². The monoisotopic (exact) mass is 770 g/mol. The highest BCUT2D eigenvalue weighted by molar-refractivity contribution is 6.29. The van der Waals surface area contributed by atoms with Crippen LogP contribution in [-0.4, -0.2) is 0 Å². The van der Waals surface area contributed by atoms with E-state index in [1.165, 1.54) is 103 Å². The predicted molar refractivity (Wildman–Crippen MR) is 261 cm³/mol. The van der Waals surface area contributed by atoms with Gasteiger partial charge in [-0.2, -0.15) is 0 Å². The molecule has 0 saturated carbocycles. The zero-order chi connectivity index (χ0) is 39.8. The molecule has 0 aliphatic carbocycles. The molecular formula is C60H34O. The smallest absolute Gasteiger partial charge is 0.143 e. The molecule has 14 rings (SSSR count). The summed E-state index contributed by atoms with van der Waals surface area (Å²) in [6, 6.07) is 76.3. The third-order valence-corrected chi connectivity index (χ3v) is 13.6. The van der Waals surface area contributed by atoms with Crippen LogP contribution >= 0.6 is 0 Å². The summed E-state index contributed by atoms with van der Waals surface area (Å²) < 4.78 is 7.26. The van der Waals surface area contributed by atoms with Crippen LogP contribution in [0.15, 0.2) is 211 Å². The van der Waals surface area contributed by atoms with Crippen LogP contribution in [0.3, 0.4) is 0 Å². The number of rotatable bonds is 3. The van der Waals surface area contributed by atoms with Crippen molar-refractivity contribution in [2.24, 2.45) is 0 Å². The van der Waals surface area contributed by atoms with Crippen LogP contribution in [0.5, 0.6) is 0 Å². The van der Waals surface area contributed by atoms with Gasteiger partial charge in [0.15, 0.2) is 0 Å². The highest BCUT2D eigenvalue weighted by Crippen LogP contribution is 2.49. The minimum atomic E-state index is 0.912. The SMILES string of the molecule is c1ccc2c(-c3ccc(-c4ccc(-c5ccc6ccc7cccc8ccc5c6c78)c5c4oc4c6ccccc6ccc45)c4ccccc34)c3ccc4ccccc4c3cc2c1. The average molecular weight is 771 g/mol. The minimum Gasteiger partial charge on any atom is -0.455 e. The lowest BCUT2D eigenvalue weighted by atomic mass is 9.85. The molecule has 0 aliphatic heterocycles. The molecule has 1 heterocycles. The Hall–Kier alpha value is -8.00. The van der Waals surface area contributed by atoms with Gasteiger partial charge in [-0.15, -0.1) is 0 Å². The van der Waals surface area contributed by atoms with Crippen LogP contribution < -0.4 is 0 Å². The van der Waals surface area contributed by atoms with Gasteiger partial charge in [0, 0.05) is 21.7 Å². The Balaban J connectivity index is 1.07. The molecule has 0 N–H and O–H groups in total. The first-order chi connectivity index (χ1) is 30.3. The van der Waals surface area contributed by atoms with E-state index < -0.39 is 0 Å². The Bertz CT molecular complexity index is 4150. The van der Waals surface area contributed by atoms with Crippen LogP contribution in [0.2, 0.25) is 0 Å². The van der Waals surface area contributed by atoms with E-state index in [1.54, 1.807) is 0 Å². The van der Waals surface area contributed by atoms with Crippen molar-refractivity contribution in [3.05, 3.63) is 206 Å². The largest absolute Gasteiger partial charge is 0.455 e. The molecule has 0 fully saturated rings. The molecule has 0 spiro atoms. The van der Waals surface area contributed by atoms with Crippen LogP contribution in [0, 0.1) is 0 Å². The van der Waals surface area contributed by atoms with Crippen molar-refractivity contribution < 1.29 is 4.42 Å². The molecule has 0 atom stereocenters. The maximum atomic E-state index is 7.26. The Morgan fingerprint density at radius 3 is 1.51 bits per heavy atom. The number of fused-ring (bicyclic) bond motifs is 10. The molecule has 280 valence electrons. The van der Waals surface area contributed by atoms with E-state index in [0.717, 1.165) is 38.5 Å². The van der Waals surface area contributed by atoms with Crippen molar-refractivity contribution in [1.82, 2.24) is 0 Å². The highest BCUT2D eigenvalue weighted by atomic mass is 16.3. The summed E-state index contributed by atoms with van der Waals surface area (Å²) in [5.74, 6) is 0. The second-order valence-electron chi connectivity index (χ2n) is 16.7. The van der Waals surface area contributed by atoms with Gasteiger partial charge < -0.3 is 4.42 Å². The van der Waals surface area contributed by atoms with Gasteiger partial charge in [-0.25, -0.2) is 0 Å². The molecule has 0 aliphatic rings. The molecule has 14 aromatic rings. The van der Waals surface area contributed by atoms with Gasteiger partial charge in [-0.05, 0) is 127 Å². The molecule has 0 radical (unpaired) electrons. The number of furan rings is 1. The molecule has 1 heteroatoms. The van der Waals surface area contributed by atoms with E-state index in [0.29, 0.717) is 0 Å². The summed E-state index contributed by atoms with van der Waals surface area (Å²) in [7, 11) is 0. The second-order valence-corrected chi connectivity index (χ2v) is 16.7. The van der Waals surface area contributed by atoms with Crippen molar-refractivity contribution in [2.75, 3.05) is 0 Å². The van der Waals surface area contributed by atoms with Crippen LogP contribution in [0.1, 0.15) is 0 Å². The molecule has 61 heavy (non-hydrogen) atoms. The zero-order valence-electron chi connectivity index (χ0n) is 33.0. The zero-order valence-corrected chi connectivity index (χ0v) is 33.0. The van der Waals surface area contributed by atoms with Crippen LogP contribution in [0.25, 0.3) is 141 Å². The van der Waals surface area contributed by atoms with Gasteiger partial charge in [-0.3, -0.25) is 0 Å². The van der Waals surface area contributed by atoms with Gasteiger partial charge in [0.05, 0.1) is 0 Å². The van der Waals surface area contributed by atoms with E-state index in [2.05, 4.69) is 206 Å². The number of benzene rings is 13. The molecule has 0 bridgehead atoms. The molecule has 13 aromatic carbocycles. The van der Waals surface area contributed by atoms with Crippen molar-refractivity contribution >= 4 is 108 Å². The van der Waals surface area contributed by atoms with Gasteiger partial charge in [-0.1, -0.05) is 188 Å². The third-order valence-electron chi connectivity index (χ3n) is 13.6. The lowest BCUT2D eigenvalue weighted by Gasteiger charge is -2.18. The fourth-order valence-electron chi connectivity index (χ4n) is 10.9. The van der Waals surface area contributed by atoms with Gasteiger partial charge in [0.2, 0.25) is 0 Å². The summed E-state index contributed by atoms with van der Waals surface area (Å²) in [6.07, 6.45) is 0. The Morgan fingerprint density at radius 1 is 0.213 bits per heavy atom. The normalized spacial score (nSPS) is 12.3. The topological polar surface area (TPSA) is 13.1 Å². The number of hydrogen-bond donors (Lipinski definition) is 0. The maximum absolute atomic E-state index is 7.26. The molecule has 0 amide bonds. The van der Waals surface area contributed by atoms with Crippen LogP contribution in [0.4, 0.5) is 0 Å². The number of hydrogen-bond acceptors (Lipinski definition) is 1. The highest BCUT2D eigenvalue weighted by Gasteiger charge is 2.23. The molecular weight excluding hydrogens is 737 g/mol. The fourth-order valence-corrected chi connectivity index (χ4v) is 10.9. The second kappa shape index (κ2) is 12.3. The summed E-state index contributed by atoms with van der Waals surface area (Å²) >= 11 is 0. The first kappa shape index (κ1) is 32.9. The fraction of sp³-hybridized carbons (Fsp3) is 0. The van der Waals surface area contributed by atoms with Crippen molar-refractivity contribution in [3.63, 3.8) is 0 Å². The summed E-state index contributed by atoms with van der Waals surface area (Å²) in [6.45, 7) is 0. The standard InChI is InChI=1S/C60H34O/c1-4-15-41-35(10-1)22-27-51-54(41)34-40-12-3-5-16-42(40)57(51)49-31-30-46(44-18-7-8-19-45(44)49)52-33-32-50(58-53-29-23-36-11-2-6-17-43(36)59(53)61-60(52)58)47-26-24-39-21-20-37-13-9-14-38-25-28-48(47)56(39)55(37)38/h1-34H. The van der Waals surface area contributed by atoms with E-state index in [9.17, 15) is 0 Å². The first-order valence-corrected chi connectivity index (χ1v) is 21.2. The van der Waals surface area contributed by atoms with Gasteiger partial charge in [0.25, 0.3) is 0 Å². The maximum Gasteiger partial charge on any atom is 0.143 e. The van der Waals surface area contributed by atoms with Gasteiger partial charge in [0.1, 0.15) is 11.2 Å². The Labute approximate surface area is 350 Å².